The fourth-order valence-electron chi connectivity index (χ4n) is 2.64. The van der Waals surface area contributed by atoms with Crippen LogP contribution in [0.15, 0.2) is 30.5 Å². The monoisotopic (exact) mass is 285 g/mol. The van der Waals surface area contributed by atoms with Crippen LogP contribution in [0.2, 0.25) is 0 Å². The molecular formula is C18H27N3. The molecule has 1 aromatic carbocycles. The van der Waals surface area contributed by atoms with Crippen molar-refractivity contribution in [1.82, 2.24) is 15.1 Å². The van der Waals surface area contributed by atoms with Gasteiger partial charge in [-0.1, -0.05) is 45.0 Å². The van der Waals surface area contributed by atoms with Gasteiger partial charge in [-0.15, -0.1) is 0 Å². The second-order valence-electron chi connectivity index (χ2n) is 6.15. The Kier molecular flexibility index (Phi) is 5.57. The minimum atomic E-state index is 0.715. The normalized spacial score (nSPS) is 11.3. The molecule has 0 saturated carbocycles. The Morgan fingerprint density at radius 3 is 2.38 bits per heavy atom. The van der Waals surface area contributed by atoms with Crippen molar-refractivity contribution in [2.24, 2.45) is 13.0 Å². The van der Waals surface area contributed by atoms with E-state index in [1.54, 1.807) is 0 Å². The number of rotatable bonds is 7. The predicted molar refractivity (Wildman–Crippen MR) is 88.1 cm³/mol. The molecule has 0 atom stereocenters. The lowest BCUT2D eigenvalue weighted by molar-refractivity contribution is 0.646. The molecule has 2 aromatic rings. The molecule has 0 fully saturated rings. The van der Waals surface area contributed by atoms with E-state index in [0.29, 0.717) is 5.92 Å². The Bertz CT molecular complexity index is 552. The lowest BCUT2D eigenvalue weighted by atomic mass is 10.0. The number of aromatic nitrogens is 2. The zero-order chi connectivity index (χ0) is 15.2. The van der Waals surface area contributed by atoms with E-state index in [9.17, 15) is 0 Å². The Morgan fingerprint density at radius 2 is 1.76 bits per heavy atom. The average molecular weight is 285 g/mol. The molecule has 0 amide bonds. The second-order valence-corrected chi connectivity index (χ2v) is 6.15. The van der Waals surface area contributed by atoms with E-state index in [0.717, 1.165) is 25.9 Å². The summed E-state index contributed by atoms with van der Waals surface area (Å²) in [6.07, 6.45) is 4.25. The number of aryl methyl sites for hydroxylation is 2. The molecule has 3 nitrogen and oxygen atoms in total. The van der Waals surface area contributed by atoms with Crippen LogP contribution in [0.25, 0.3) is 0 Å². The maximum absolute atomic E-state index is 4.47. The predicted octanol–water partition coefficient (Wildman–Crippen LogP) is 3.47. The van der Waals surface area contributed by atoms with E-state index in [1.165, 1.54) is 22.4 Å². The maximum atomic E-state index is 4.47. The van der Waals surface area contributed by atoms with Gasteiger partial charge in [0.05, 0.1) is 5.69 Å². The van der Waals surface area contributed by atoms with Gasteiger partial charge >= 0.3 is 0 Å². The maximum Gasteiger partial charge on any atom is 0.0666 e. The van der Waals surface area contributed by atoms with Crippen LogP contribution < -0.4 is 5.32 Å². The summed E-state index contributed by atoms with van der Waals surface area (Å²) in [5.74, 6) is 0.715. The van der Waals surface area contributed by atoms with Crippen LogP contribution in [0.4, 0.5) is 0 Å². The highest BCUT2D eigenvalue weighted by Gasteiger charge is 2.05. The third-order valence-electron chi connectivity index (χ3n) is 3.64. The molecule has 0 radical (unpaired) electrons. The van der Waals surface area contributed by atoms with Crippen LogP contribution in [0.3, 0.4) is 0 Å². The molecule has 0 aliphatic heterocycles. The van der Waals surface area contributed by atoms with E-state index < -0.39 is 0 Å². The van der Waals surface area contributed by atoms with Crippen LogP contribution in [-0.4, -0.2) is 9.78 Å². The Labute approximate surface area is 128 Å². The van der Waals surface area contributed by atoms with Crippen molar-refractivity contribution in [2.45, 2.75) is 46.7 Å². The van der Waals surface area contributed by atoms with Crippen molar-refractivity contribution in [2.75, 3.05) is 0 Å². The largest absolute Gasteiger partial charge is 0.308 e. The van der Waals surface area contributed by atoms with E-state index in [2.05, 4.69) is 61.6 Å². The molecule has 0 unspecified atom stereocenters. The summed E-state index contributed by atoms with van der Waals surface area (Å²) < 4.78 is 1.90. The van der Waals surface area contributed by atoms with Gasteiger partial charge in [0.1, 0.15) is 0 Å². The van der Waals surface area contributed by atoms with E-state index in [4.69, 9.17) is 0 Å². The lowest BCUT2D eigenvalue weighted by Crippen LogP contribution is -2.13. The number of hydrogen-bond donors (Lipinski definition) is 1. The number of hydrogen-bond acceptors (Lipinski definition) is 2. The topological polar surface area (TPSA) is 29.9 Å². The molecule has 114 valence electrons. The Balaban J connectivity index is 1.85. The summed E-state index contributed by atoms with van der Waals surface area (Å²) in [5, 5.41) is 7.98. The fraction of sp³-hybridized carbons (Fsp3) is 0.500. The van der Waals surface area contributed by atoms with Gasteiger partial charge in [0.15, 0.2) is 0 Å². The van der Waals surface area contributed by atoms with Gasteiger partial charge in [-0.25, -0.2) is 0 Å². The summed E-state index contributed by atoms with van der Waals surface area (Å²) in [6, 6.07) is 8.96. The molecule has 0 aliphatic carbocycles. The summed E-state index contributed by atoms with van der Waals surface area (Å²) >= 11 is 0. The lowest BCUT2D eigenvalue weighted by Gasteiger charge is -2.08. The van der Waals surface area contributed by atoms with Gasteiger partial charge in [-0.2, -0.15) is 5.10 Å². The third-order valence-corrected chi connectivity index (χ3v) is 3.64. The van der Waals surface area contributed by atoms with Crippen molar-refractivity contribution in [3.8, 4) is 0 Å². The van der Waals surface area contributed by atoms with Gasteiger partial charge in [0.2, 0.25) is 0 Å². The molecule has 3 heteroatoms. The fourth-order valence-corrected chi connectivity index (χ4v) is 2.64. The highest BCUT2D eigenvalue weighted by atomic mass is 15.3. The van der Waals surface area contributed by atoms with E-state index in [-0.39, 0.29) is 0 Å². The molecule has 0 saturated heterocycles. The van der Waals surface area contributed by atoms with Gasteiger partial charge in [-0.05, 0) is 29.9 Å². The van der Waals surface area contributed by atoms with Crippen LogP contribution in [0, 0.1) is 5.92 Å². The van der Waals surface area contributed by atoms with Crippen molar-refractivity contribution >= 4 is 0 Å². The first-order valence-corrected chi connectivity index (χ1v) is 7.88. The SMILES string of the molecule is CCc1nn(C)cc1CNCc1ccc(CC(C)C)cc1. The van der Waals surface area contributed by atoms with Crippen molar-refractivity contribution in [3.63, 3.8) is 0 Å². The Hall–Kier alpha value is -1.61. The average Bonchev–Trinajstić information content (AvgIpc) is 2.80. The molecule has 21 heavy (non-hydrogen) atoms. The van der Waals surface area contributed by atoms with Gasteiger partial charge in [-0.3, -0.25) is 4.68 Å². The number of nitrogens with zero attached hydrogens (tertiary/aromatic N) is 2. The van der Waals surface area contributed by atoms with Crippen molar-refractivity contribution in [3.05, 3.63) is 52.8 Å². The van der Waals surface area contributed by atoms with Gasteiger partial charge < -0.3 is 5.32 Å². The van der Waals surface area contributed by atoms with Crippen LogP contribution >= 0.6 is 0 Å². The van der Waals surface area contributed by atoms with Gasteiger partial charge in [0.25, 0.3) is 0 Å². The molecule has 0 spiro atoms. The van der Waals surface area contributed by atoms with Crippen LogP contribution in [0.1, 0.15) is 43.2 Å². The summed E-state index contributed by atoms with van der Waals surface area (Å²) in [5.41, 5.74) is 5.26. The Morgan fingerprint density at radius 1 is 1.10 bits per heavy atom. The summed E-state index contributed by atoms with van der Waals surface area (Å²) in [4.78, 5) is 0. The van der Waals surface area contributed by atoms with Crippen LogP contribution in [-0.2, 0) is 33.0 Å². The van der Waals surface area contributed by atoms with E-state index in [1.807, 2.05) is 11.7 Å². The molecule has 1 heterocycles. The molecular weight excluding hydrogens is 258 g/mol. The summed E-state index contributed by atoms with van der Waals surface area (Å²) in [7, 11) is 1.98. The minimum Gasteiger partial charge on any atom is -0.308 e. The molecule has 1 aromatic heterocycles. The quantitative estimate of drug-likeness (QED) is 0.844. The standard InChI is InChI=1S/C18H27N3/c1-5-18-17(13-21(4)20-18)12-19-11-16-8-6-15(7-9-16)10-14(2)3/h6-9,13-14,19H,5,10-12H2,1-4H3. The molecule has 0 aliphatic rings. The smallest absolute Gasteiger partial charge is 0.0666 e. The zero-order valence-corrected chi connectivity index (χ0v) is 13.7. The molecule has 2 rings (SSSR count). The summed E-state index contributed by atoms with van der Waals surface area (Å²) in [6.45, 7) is 8.45. The van der Waals surface area contributed by atoms with Crippen molar-refractivity contribution in [1.29, 1.82) is 0 Å². The minimum absolute atomic E-state index is 0.715. The highest BCUT2D eigenvalue weighted by molar-refractivity contribution is 5.23. The first-order chi connectivity index (χ1) is 10.1. The van der Waals surface area contributed by atoms with Crippen molar-refractivity contribution < 1.29 is 0 Å². The second kappa shape index (κ2) is 7.41. The first-order valence-electron chi connectivity index (χ1n) is 7.88. The first kappa shape index (κ1) is 15.8. The number of nitrogens with one attached hydrogen (secondary N) is 1. The number of benzene rings is 1. The zero-order valence-electron chi connectivity index (χ0n) is 13.7. The highest BCUT2D eigenvalue weighted by Crippen LogP contribution is 2.11. The van der Waals surface area contributed by atoms with Gasteiger partial charge in [0, 0.05) is 31.9 Å². The van der Waals surface area contributed by atoms with E-state index >= 15 is 0 Å². The molecule has 0 bridgehead atoms. The molecule has 1 N–H and O–H groups in total. The third kappa shape index (κ3) is 4.71. The van der Waals surface area contributed by atoms with Crippen LogP contribution in [0.5, 0.6) is 0 Å².